The normalized spacial score (nSPS) is 16.7. The maximum Gasteiger partial charge on any atom is 0.471 e. The van der Waals surface area contributed by atoms with E-state index in [1.165, 1.54) is 15.6 Å². The lowest BCUT2D eigenvalue weighted by atomic mass is 10.1. The van der Waals surface area contributed by atoms with Crippen LogP contribution >= 0.6 is 11.3 Å². The molecule has 0 unspecified atom stereocenters. The summed E-state index contributed by atoms with van der Waals surface area (Å²) >= 11 is 1.25. The lowest BCUT2D eigenvalue weighted by molar-refractivity contribution is -0.159. The zero-order valence-electron chi connectivity index (χ0n) is 11.2. The maximum absolute atomic E-state index is 12.5. The Kier molecular flexibility index (Phi) is 3.53. The van der Waals surface area contributed by atoms with Gasteiger partial charge >= 0.3 is 12.1 Å². The van der Waals surface area contributed by atoms with Crippen molar-refractivity contribution in [3.63, 3.8) is 0 Å². The first-order chi connectivity index (χ1) is 10.1. The third-order valence-corrected chi connectivity index (χ3v) is 5.67. The van der Waals surface area contributed by atoms with Crippen LogP contribution in [0.5, 0.6) is 0 Å². The Balaban J connectivity index is 1.90. The summed E-state index contributed by atoms with van der Waals surface area (Å²) < 4.78 is 66.0. The highest BCUT2D eigenvalue weighted by atomic mass is 32.2. The average molecular weight is 353 g/mol. The van der Waals surface area contributed by atoms with Crippen LogP contribution in [0, 0.1) is 0 Å². The second-order valence-electron chi connectivity index (χ2n) is 4.83. The van der Waals surface area contributed by atoms with Gasteiger partial charge < -0.3 is 4.52 Å². The Labute approximate surface area is 127 Å². The second-order valence-corrected chi connectivity index (χ2v) is 7.95. The van der Waals surface area contributed by atoms with Crippen LogP contribution in [0.15, 0.2) is 10.6 Å². The number of thiophene rings is 1. The van der Waals surface area contributed by atoms with Gasteiger partial charge in [-0.2, -0.15) is 22.5 Å². The summed E-state index contributed by atoms with van der Waals surface area (Å²) in [5.74, 6) is -1.54. The van der Waals surface area contributed by atoms with Crippen LogP contribution in [0.2, 0.25) is 0 Å². The average Bonchev–Trinajstić information content (AvgIpc) is 3.02. The molecule has 0 spiro atoms. The van der Waals surface area contributed by atoms with Gasteiger partial charge in [-0.15, -0.1) is 11.3 Å². The number of alkyl halides is 3. The molecule has 0 N–H and O–H groups in total. The van der Waals surface area contributed by atoms with Gasteiger partial charge in [-0.1, -0.05) is 5.16 Å². The highest BCUT2D eigenvalue weighted by Crippen LogP contribution is 2.35. The zero-order chi connectivity index (χ0) is 16.1. The number of sulfonamides is 1. The van der Waals surface area contributed by atoms with Gasteiger partial charge in [-0.05, 0) is 18.1 Å². The van der Waals surface area contributed by atoms with E-state index in [9.17, 15) is 21.6 Å². The molecule has 0 saturated heterocycles. The van der Waals surface area contributed by atoms with Crippen LogP contribution in [-0.2, 0) is 29.2 Å². The molecule has 22 heavy (non-hydrogen) atoms. The van der Waals surface area contributed by atoms with E-state index < -0.39 is 22.1 Å². The number of aromatic nitrogens is 2. The van der Waals surface area contributed by atoms with Crippen LogP contribution in [0.1, 0.15) is 16.3 Å². The van der Waals surface area contributed by atoms with Gasteiger partial charge in [0.15, 0.2) is 0 Å². The molecule has 1 aliphatic rings. The Bertz CT molecular complexity index is 810. The van der Waals surface area contributed by atoms with Crippen molar-refractivity contribution < 1.29 is 26.1 Å². The SMILES string of the molecule is CS(=O)(=O)N1CCc2sc(-c3noc(C(F)(F)F)n3)cc2C1. The molecule has 3 rings (SSSR count). The van der Waals surface area contributed by atoms with Crippen LogP contribution in [0.25, 0.3) is 10.7 Å². The number of hydrogen-bond acceptors (Lipinski definition) is 6. The third kappa shape index (κ3) is 2.88. The van der Waals surface area contributed by atoms with E-state index in [0.717, 1.165) is 16.7 Å². The molecule has 2 aromatic heterocycles. The van der Waals surface area contributed by atoms with E-state index >= 15 is 0 Å². The molecular formula is C11H10F3N3O3S2. The van der Waals surface area contributed by atoms with Crippen LogP contribution in [0.4, 0.5) is 13.2 Å². The first kappa shape index (κ1) is 15.4. The third-order valence-electron chi connectivity index (χ3n) is 3.19. The zero-order valence-corrected chi connectivity index (χ0v) is 12.8. The molecule has 0 aromatic carbocycles. The summed E-state index contributed by atoms with van der Waals surface area (Å²) in [4.78, 5) is 4.69. The van der Waals surface area contributed by atoms with Crippen molar-refractivity contribution in [3.05, 3.63) is 22.4 Å². The molecule has 2 aromatic rings. The smallest absolute Gasteiger partial charge is 0.329 e. The molecule has 0 radical (unpaired) electrons. The second kappa shape index (κ2) is 5.03. The summed E-state index contributed by atoms with van der Waals surface area (Å²) in [5, 5.41) is 3.34. The molecule has 0 aliphatic carbocycles. The predicted octanol–water partition coefficient (Wildman–Crippen LogP) is 2.13. The van der Waals surface area contributed by atoms with E-state index in [1.54, 1.807) is 6.07 Å². The number of halogens is 3. The summed E-state index contributed by atoms with van der Waals surface area (Å²) in [5.41, 5.74) is 0.759. The van der Waals surface area contributed by atoms with Gasteiger partial charge in [-0.25, -0.2) is 8.42 Å². The Morgan fingerprint density at radius 3 is 2.73 bits per heavy atom. The molecule has 0 fully saturated rings. The quantitative estimate of drug-likeness (QED) is 0.827. The van der Waals surface area contributed by atoms with E-state index in [4.69, 9.17) is 0 Å². The van der Waals surface area contributed by atoms with E-state index in [-0.39, 0.29) is 12.4 Å². The van der Waals surface area contributed by atoms with Crippen molar-refractivity contribution in [1.82, 2.24) is 14.4 Å². The minimum absolute atomic E-state index is 0.141. The van der Waals surface area contributed by atoms with Gasteiger partial charge in [0.1, 0.15) is 0 Å². The molecule has 0 atom stereocenters. The first-order valence-electron chi connectivity index (χ1n) is 6.12. The lowest BCUT2D eigenvalue weighted by Crippen LogP contribution is -2.34. The van der Waals surface area contributed by atoms with Crippen molar-refractivity contribution in [1.29, 1.82) is 0 Å². The molecule has 0 saturated carbocycles. The van der Waals surface area contributed by atoms with Crippen molar-refractivity contribution >= 4 is 21.4 Å². The van der Waals surface area contributed by atoms with E-state index in [0.29, 0.717) is 17.8 Å². The molecular weight excluding hydrogens is 343 g/mol. The van der Waals surface area contributed by atoms with Crippen LogP contribution in [-0.4, -0.2) is 35.7 Å². The van der Waals surface area contributed by atoms with Crippen molar-refractivity contribution in [2.45, 2.75) is 19.1 Å². The molecule has 11 heteroatoms. The van der Waals surface area contributed by atoms with Crippen molar-refractivity contribution in [3.8, 4) is 10.7 Å². The Morgan fingerprint density at radius 2 is 2.14 bits per heavy atom. The fraction of sp³-hybridized carbons (Fsp3) is 0.455. The first-order valence-corrected chi connectivity index (χ1v) is 8.79. The minimum Gasteiger partial charge on any atom is -0.329 e. The fourth-order valence-electron chi connectivity index (χ4n) is 2.14. The highest BCUT2D eigenvalue weighted by molar-refractivity contribution is 7.88. The molecule has 3 heterocycles. The summed E-state index contributed by atoms with van der Waals surface area (Å²) in [6.45, 7) is 0.556. The van der Waals surface area contributed by atoms with Gasteiger partial charge in [-0.3, -0.25) is 0 Å². The van der Waals surface area contributed by atoms with Crippen molar-refractivity contribution in [2.75, 3.05) is 12.8 Å². The largest absolute Gasteiger partial charge is 0.471 e. The molecule has 6 nitrogen and oxygen atoms in total. The standard InChI is InChI=1S/C11H10F3N3O3S2/c1-22(18,19)17-3-2-7-6(5-17)4-8(21-7)9-15-10(20-16-9)11(12,13)14/h4H,2-3,5H2,1H3. The Morgan fingerprint density at radius 1 is 1.41 bits per heavy atom. The summed E-state index contributed by atoms with van der Waals surface area (Å²) in [6, 6.07) is 1.61. The van der Waals surface area contributed by atoms with E-state index in [1.807, 2.05) is 0 Å². The number of hydrogen-bond donors (Lipinski definition) is 0. The molecule has 120 valence electrons. The maximum atomic E-state index is 12.5. The van der Waals surface area contributed by atoms with E-state index in [2.05, 4.69) is 14.7 Å². The molecule has 1 aliphatic heterocycles. The van der Waals surface area contributed by atoms with Crippen LogP contribution in [0.3, 0.4) is 0 Å². The fourth-order valence-corrected chi connectivity index (χ4v) is 4.02. The van der Waals surface area contributed by atoms with Crippen LogP contribution < -0.4 is 0 Å². The topological polar surface area (TPSA) is 76.3 Å². The molecule has 0 bridgehead atoms. The van der Waals surface area contributed by atoms with Gasteiger partial charge in [0.2, 0.25) is 15.8 Å². The molecule has 0 amide bonds. The van der Waals surface area contributed by atoms with Gasteiger partial charge in [0, 0.05) is 18.0 Å². The number of fused-ring (bicyclic) bond motifs is 1. The lowest BCUT2D eigenvalue weighted by Gasteiger charge is -2.24. The number of nitrogens with zero attached hydrogens (tertiary/aromatic N) is 3. The highest BCUT2D eigenvalue weighted by Gasteiger charge is 2.38. The predicted molar refractivity (Wildman–Crippen MR) is 71.6 cm³/mol. The summed E-state index contributed by atoms with van der Waals surface area (Å²) in [6.07, 6.45) is -3.05. The van der Waals surface area contributed by atoms with Crippen molar-refractivity contribution in [2.24, 2.45) is 0 Å². The summed E-state index contributed by atoms with van der Waals surface area (Å²) in [7, 11) is -3.30. The monoisotopic (exact) mass is 353 g/mol. The van der Waals surface area contributed by atoms with Gasteiger partial charge in [0.05, 0.1) is 11.1 Å². The van der Waals surface area contributed by atoms with Gasteiger partial charge in [0.25, 0.3) is 0 Å². The minimum atomic E-state index is -4.69. The Hall–Kier alpha value is -1.46. The number of rotatable bonds is 2.